The lowest BCUT2D eigenvalue weighted by atomic mass is 9.99. The molecule has 140 valence electrons. The number of amides is 1. The molecule has 27 heavy (non-hydrogen) atoms. The van der Waals surface area contributed by atoms with Gasteiger partial charge in [-0.3, -0.25) is 5.32 Å². The maximum Gasteiger partial charge on any atom is 0.412 e. The van der Waals surface area contributed by atoms with Crippen LogP contribution >= 0.6 is 0 Å². The molecule has 0 radical (unpaired) electrons. The Morgan fingerprint density at radius 2 is 1.70 bits per heavy atom. The van der Waals surface area contributed by atoms with Crippen LogP contribution in [0, 0.1) is 0 Å². The van der Waals surface area contributed by atoms with Crippen LogP contribution in [-0.2, 0) is 41.6 Å². The lowest BCUT2D eigenvalue weighted by Gasteiger charge is -2.18. The molecule has 0 aliphatic heterocycles. The molecule has 1 aromatic heterocycles. The Labute approximate surface area is 156 Å². The van der Waals surface area contributed by atoms with E-state index in [1.54, 1.807) is 6.07 Å². The summed E-state index contributed by atoms with van der Waals surface area (Å²) in [5, 5.41) is 12.2. The first kappa shape index (κ1) is 17.5. The number of nitrogens with zero attached hydrogens (tertiary/aromatic N) is 2. The van der Waals surface area contributed by atoms with Crippen molar-refractivity contribution in [2.45, 2.75) is 51.0 Å². The minimum atomic E-state index is -1.34. The van der Waals surface area contributed by atoms with Crippen molar-refractivity contribution < 1.29 is 19.4 Å². The van der Waals surface area contributed by atoms with Gasteiger partial charge in [0, 0.05) is 12.4 Å². The summed E-state index contributed by atoms with van der Waals surface area (Å²) in [4.78, 5) is 32.0. The van der Waals surface area contributed by atoms with Crippen molar-refractivity contribution in [3.05, 3.63) is 52.6 Å². The monoisotopic (exact) mass is 367 g/mol. The molecule has 0 fully saturated rings. The molecule has 7 heteroatoms. The first-order valence-corrected chi connectivity index (χ1v) is 9.24. The van der Waals surface area contributed by atoms with Crippen LogP contribution in [0.25, 0.3) is 0 Å². The van der Waals surface area contributed by atoms with Crippen molar-refractivity contribution >= 4 is 17.7 Å². The van der Waals surface area contributed by atoms with Crippen molar-refractivity contribution in [1.82, 2.24) is 9.97 Å². The second kappa shape index (κ2) is 7.34. The molecule has 0 saturated heterocycles. The number of fused-ring (bicyclic) bond motifs is 2. The van der Waals surface area contributed by atoms with Crippen molar-refractivity contribution in [3.8, 4) is 0 Å². The normalized spacial score (nSPS) is 15.7. The molecule has 1 aromatic carbocycles. The molecule has 0 saturated carbocycles. The van der Waals surface area contributed by atoms with Crippen molar-refractivity contribution in [3.63, 3.8) is 0 Å². The number of rotatable bonds is 5. The highest BCUT2D eigenvalue weighted by atomic mass is 16.6. The summed E-state index contributed by atoms with van der Waals surface area (Å²) in [5.41, 5.74) is 5.76. The Balaban J connectivity index is 1.52. The maximum absolute atomic E-state index is 12.5. The average Bonchev–Trinajstić information content (AvgIpc) is 3.31. The van der Waals surface area contributed by atoms with Gasteiger partial charge >= 0.3 is 12.1 Å². The molecule has 7 nitrogen and oxygen atoms in total. The largest absolute Gasteiger partial charge is 0.478 e. The van der Waals surface area contributed by atoms with Gasteiger partial charge in [0.2, 0.25) is 6.10 Å². The second-order valence-electron chi connectivity index (χ2n) is 6.96. The van der Waals surface area contributed by atoms with Gasteiger partial charge in [-0.1, -0.05) is 6.07 Å². The van der Waals surface area contributed by atoms with Gasteiger partial charge < -0.3 is 9.84 Å². The maximum atomic E-state index is 12.5. The van der Waals surface area contributed by atoms with E-state index in [1.807, 2.05) is 0 Å². The summed E-state index contributed by atoms with van der Waals surface area (Å²) < 4.78 is 5.21. The van der Waals surface area contributed by atoms with E-state index in [2.05, 4.69) is 21.4 Å². The molecule has 0 bridgehead atoms. The minimum absolute atomic E-state index is 0.0748. The van der Waals surface area contributed by atoms with Gasteiger partial charge in [0.15, 0.2) is 0 Å². The molecular formula is C20H21N3O4. The van der Waals surface area contributed by atoms with Gasteiger partial charge in [0.1, 0.15) is 5.82 Å². The zero-order valence-electron chi connectivity index (χ0n) is 14.9. The zero-order chi connectivity index (χ0) is 18.8. The SMILES string of the molecule is O=C(Nc1c2c(cc3c1CCC3)CCC2)O[C@H](Cc1ncccn1)C(=O)O. The van der Waals surface area contributed by atoms with Gasteiger partial charge in [-0.25, -0.2) is 19.6 Å². The van der Waals surface area contributed by atoms with E-state index in [9.17, 15) is 14.7 Å². The number of nitrogens with one attached hydrogen (secondary N) is 1. The second-order valence-corrected chi connectivity index (χ2v) is 6.96. The van der Waals surface area contributed by atoms with Gasteiger partial charge in [-0.2, -0.15) is 0 Å². The summed E-state index contributed by atoms with van der Waals surface area (Å²) in [7, 11) is 0. The number of anilines is 1. The summed E-state index contributed by atoms with van der Waals surface area (Å²) >= 11 is 0. The van der Waals surface area contributed by atoms with E-state index in [-0.39, 0.29) is 6.42 Å². The lowest BCUT2D eigenvalue weighted by molar-refractivity contribution is -0.146. The molecule has 2 aliphatic rings. The number of carboxylic acids is 1. The Hall–Kier alpha value is -2.96. The number of hydrogen-bond acceptors (Lipinski definition) is 5. The quantitative estimate of drug-likeness (QED) is 0.842. The van der Waals surface area contributed by atoms with Crippen LogP contribution in [0.4, 0.5) is 10.5 Å². The van der Waals surface area contributed by atoms with E-state index in [4.69, 9.17) is 4.74 Å². The minimum Gasteiger partial charge on any atom is -0.478 e. The highest BCUT2D eigenvalue weighted by Gasteiger charge is 2.28. The third-order valence-corrected chi connectivity index (χ3v) is 5.21. The Morgan fingerprint density at radius 1 is 1.07 bits per heavy atom. The van der Waals surface area contributed by atoms with E-state index in [0.717, 1.165) is 44.2 Å². The summed E-state index contributed by atoms with van der Waals surface area (Å²) in [6, 6.07) is 3.91. The third-order valence-electron chi connectivity index (χ3n) is 5.21. The van der Waals surface area contributed by atoms with Crippen LogP contribution < -0.4 is 5.32 Å². The van der Waals surface area contributed by atoms with Crippen LogP contribution in [0.3, 0.4) is 0 Å². The topological polar surface area (TPSA) is 101 Å². The fraction of sp³-hybridized carbons (Fsp3) is 0.400. The fourth-order valence-corrected chi connectivity index (χ4v) is 4.01. The molecule has 2 aliphatic carbocycles. The van der Waals surface area contributed by atoms with Gasteiger partial charge in [0.05, 0.1) is 12.1 Å². The molecule has 0 unspecified atom stereocenters. The molecule has 1 amide bonds. The van der Waals surface area contributed by atoms with Crippen molar-refractivity contribution in [1.29, 1.82) is 0 Å². The average molecular weight is 367 g/mol. The number of benzene rings is 1. The molecule has 0 spiro atoms. The van der Waals surface area contributed by atoms with E-state index >= 15 is 0 Å². The van der Waals surface area contributed by atoms with Crippen molar-refractivity contribution in [2.24, 2.45) is 0 Å². The summed E-state index contributed by atoms with van der Waals surface area (Å²) in [5.74, 6) is -0.902. The molecule has 2 aromatic rings. The van der Waals surface area contributed by atoms with Gasteiger partial charge in [-0.15, -0.1) is 0 Å². The third kappa shape index (κ3) is 3.63. The molecule has 2 N–H and O–H groups in total. The molecule has 1 heterocycles. The smallest absolute Gasteiger partial charge is 0.412 e. The van der Waals surface area contributed by atoms with E-state index in [0.29, 0.717) is 5.82 Å². The standard InChI is InChI=1S/C20H21N3O4/c24-19(25)16(11-17-21-8-3-9-22-17)27-20(26)23-18-14-6-1-4-12(14)10-13-5-2-7-15(13)18/h3,8-10,16H,1-2,4-7,11H2,(H,23,26)(H,24,25)/t16-/m1/s1. The highest BCUT2D eigenvalue weighted by molar-refractivity contribution is 5.90. The number of aryl methyl sites for hydroxylation is 2. The van der Waals surface area contributed by atoms with Crippen molar-refractivity contribution in [2.75, 3.05) is 5.32 Å². The fourth-order valence-electron chi connectivity index (χ4n) is 4.01. The molecular weight excluding hydrogens is 346 g/mol. The van der Waals surface area contributed by atoms with Gasteiger partial charge in [0.25, 0.3) is 0 Å². The first-order valence-electron chi connectivity index (χ1n) is 9.24. The number of carbonyl (C=O) groups is 2. The predicted molar refractivity (Wildman–Crippen MR) is 97.8 cm³/mol. The van der Waals surface area contributed by atoms with Crippen LogP contribution in [-0.4, -0.2) is 33.2 Å². The van der Waals surface area contributed by atoms with Crippen LogP contribution in [0.15, 0.2) is 24.5 Å². The number of carbonyl (C=O) groups excluding carboxylic acids is 1. The summed E-state index contributed by atoms with van der Waals surface area (Å²) in [6.07, 6.45) is 6.95. The molecule has 4 rings (SSSR count). The zero-order valence-corrected chi connectivity index (χ0v) is 14.9. The molecule has 1 atom stereocenters. The number of ether oxygens (including phenoxy) is 1. The number of aliphatic carboxylic acids is 1. The number of hydrogen-bond donors (Lipinski definition) is 2. The highest BCUT2D eigenvalue weighted by Crippen LogP contribution is 2.38. The Kier molecular flexibility index (Phi) is 4.75. The van der Waals surface area contributed by atoms with Crippen LogP contribution in [0.1, 0.15) is 40.9 Å². The summed E-state index contributed by atoms with van der Waals surface area (Å²) in [6.45, 7) is 0. The Bertz CT molecular complexity index is 850. The van der Waals surface area contributed by atoms with Gasteiger partial charge in [-0.05, 0) is 66.8 Å². The number of carboxylic acid groups (broad SMARTS) is 1. The van der Waals surface area contributed by atoms with Crippen LogP contribution in [0.5, 0.6) is 0 Å². The predicted octanol–water partition coefficient (Wildman–Crippen LogP) is 2.70. The van der Waals surface area contributed by atoms with E-state index in [1.165, 1.54) is 34.6 Å². The Morgan fingerprint density at radius 3 is 2.30 bits per heavy atom. The number of aromatic nitrogens is 2. The van der Waals surface area contributed by atoms with Crippen LogP contribution in [0.2, 0.25) is 0 Å². The first-order chi connectivity index (χ1) is 13.1. The van der Waals surface area contributed by atoms with E-state index < -0.39 is 18.2 Å². The lowest BCUT2D eigenvalue weighted by Crippen LogP contribution is -2.32.